The van der Waals surface area contributed by atoms with Crippen LogP contribution < -0.4 is 20.5 Å². The molecule has 7 heteroatoms. The minimum absolute atomic E-state index is 0.106. The summed E-state index contributed by atoms with van der Waals surface area (Å²) in [5.74, 6) is 1.14. The maximum absolute atomic E-state index is 12.2. The fourth-order valence-corrected chi connectivity index (χ4v) is 2.20. The summed E-state index contributed by atoms with van der Waals surface area (Å²) >= 11 is 0. The fraction of sp³-hybridized carbons (Fsp3) is 0.267. The molecule has 1 unspecified atom stereocenters. The molecule has 1 aliphatic heterocycles. The van der Waals surface area contributed by atoms with Gasteiger partial charge in [-0.3, -0.25) is 4.79 Å². The number of ether oxygens (including phenoxy) is 2. The van der Waals surface area contributed by atoms with E-state index in [0.29, 0.717) is 24.7 Å². The second-order valence-electron chi connectivity index (χ2n) is 4.89. The van der Waals surface area contributed by atoms with Crippen LogP contribution in [-0.4, -0.2) is 29.1 Å². The lowest BCUT2D eigenvalue weighted by atomic mass is 10.1. The van der Waals surface area contributed by atoms with Crippen LogP contribution in [0.1, 0.15) is 29.0 Å². The van der Waals surface area contributed by atoms with Crippen molar-refractivity contribution in [1.29, 1.82) is 0 Å². The minimum Gasteiger partial charge on any atom is -0.486 e. The van der Waals surface area contributed by atoms with E-state index in [9.17, 15) is 4.79 Å². The molecule has 0 radical (unpaired) electrons. The number of hydrogen-bond donors (Lipinski definition) is 2. The lowest BCUT2D eigenvalue weighted by molar-refractivity contribution is 0.0935. The highest BCUT2D eigenvalue weighted by Gasteiger charge is 2.18. The van der Waals surface area contributed by atoms with E-state index in [4.69, 9.17) is 15.2 Å². The Kier molecular flexibility index (Phi) is 3.78. The first kappa shape index (κ1) is 14.1. The zero-order valence-corrected chi connectivity index (χ0v) is 12.1. The zero-order valence-electron chi connectivity index (χ0n) is 12.1. The summed E-state index contributed by atoms with van der Waals surface area (Å²) in [7, 11) is 0. The van der Waals surface area contributed by atoms with Gasteiger partial charge in [-0.1, -0.05) is 6.07 Å². The van der Waals surface area contributed by atoms with Gasteiger partial charge in [0.25, 0.3) is 5.91 Å². The molecule has 2 heterocycles. The second-order valence-corrected chi connectivity index (χ2v) is 4.89. The number of nitrogens with one attached hydrogen (secondary N) is 1. The maximum atomic E-state index is 12.2. The van der Waals surface area contributed by atoms with Crippen molar-refractivity contribution in [2.45, 2.75) is 13.0 Å². The van der Waals surface area contributed by atoms with Crippen LogP contribution in [-0.2, 0) is 0 Å². The number of anilines is 1. The van der Waals surface area contributed by atoms with Gasteiger partial charge >= 0.3 is 0 Å². The average molecular weight is 300 g/mol. The molecule has 0 fully saturated rings. The smallest absolute Gasteiger partial charge is 0.274 e. The Hall–Kier alpha value is -2.83. The van der Waals surface area contributed by atoms with Gasteiger partial charge in [-0.05, 0) is 24.6 Å². The predicted octanol–water partition coefficient (Wildman–Crippen LogP) is 1.32. The van der Waals surface area contributed by atoms with Crippen molar-refractivity contribution in [3.63, 3.8) is 0 Å². The molecule has 0 spiro atoms. The van der Waals surface area contributed by atoms with Gasteiger partial charge in [0.1, 0.15) is 13.2 Å². The Morgan fingerprint density at radius 3 is 2.73 bits per heavy atom. The molecule has 0 saturated carbocycles. The Bertz CT molecular complexity index is 705. The number of carbonyl (C=O) groups is 1. The number of nitrogen functional groups attached to an aromatic ring is 1. The number of fused-ring (bicyclic) bond motifs is 1. The zero-order chi connectivity index (χ0) is 15.5. The van der Waals surface area contributed by atoms with E-state index in [2.05, 4.69) is 15.3 Å². The summed E-state index contributed by atoms with van der Waals surface area (Å²) in [6, 6.07) is 5.35. The SMILES string of the molecule is CC(NC(=O)c1nccnc1N)c1ccc2c(c1)OCCO2. The third-order valence-corrected chi connectivity index (χ3v) is 3.36. The van der Waals surface area contributed by atoms with Gasteiger partial charge in [-0.25, -0.2) is 9.97 Å². The van der Waals surface area contributed by atoms with Crippen LogP contribution in [0.3, 0.4) is 0 Å². The molecule has 114 valence electrons. The summed E-state index contributed by atoms with van der Waals surface area (Å²) in [5, 5.41) is 2.84. The molecule has 1 aromatic heterocycles. The molecule has 1 aromatic carbocycles. The van der Waals surface area contributed by atoms with Crippen molar-refractivity contribution in [2.24, 2.45) is 0 Å². The number of rotatable bonds is 3. The Morgan fingerprint density at radius 2 is 1.95 bits per heavy atom. The standard InChI is InChI=1S/C15H16N4O3/c1-9(19-15(20)13-14(16)18-5-4-17-13)10-2-3-11-12(8-10)22-7-6-21-11/h2-5,8-9H,6-7H2,1H3,(H2,16,18)(H,19,20). The van der Waals surface area contributed by atoms with E-state index in [1.165, 1.54) is 12.4 Å². The number of hydrogen-bond acceptors (Lipinski definition) is 6. The molecular weight excluding hydrogens is 284 g/mol. The van der Waals surface area contributed by atoms with Crippen molar-refractivity contribution >= 4 is 11.7 Å². The highest BCUT2D eigenvalue weighted by Crippen LogP contribution is 2.32. The van der Waals surface area contributed by atoms with E-state index >= 15 is 0 Å². The lowest BCUT2D eigenvalue weighted by Gasteiger charge is -2.21. The minimum atomic E-state index is -0.368. The Labute approximate surface area is 127 Å². The third-order valence-electron chi connectivity index (χ3n) is 3.36. The molecule has 7 nitrogen and oxygen atoms in total. The van der Waals surface area contributed by atoms with Crippen LogP contribution in [0.15, 0.2) is 30.6 Å². The van der Waals surface area contributed by atoms with Gasteiger partial charge in [-0.15, -0.1) is 0 Å². The fourth-order valence-electron chi connectivity index (χ4n) is 2.20. The lowest BCUT2D eigenvalue weighted by Crippen LogP contribution is -2.28. The van der Waals surface area contributed by atoms with Crippen molar-refractivity contribution in [3.05, 3.63) is 41.9 Å². The van der Waals surface area contributed by atoms with Gasteiger partial charge in [0.15, 0.2) is 23.0 Å². The Balaban J connectivity index is 1.76. The van der Waals surface area contributed by atoms with Crippen LogP contribution >= 0.6 is 0 Å². The molecule has 0 aliphatic carbocycles. The first-order chi connectivity index (χ1) is 10.6. The summed E-state index contributed by atoms with van der Waals surface area (Å²) in [6.07, 6.45) is 2.87. The van der Waals surface area contributed by atoms with E-state index in [1.54, 1.807) is 0 Å². The molecule has 3 N–H and O–H groups in total. The Morgan fingerprint density at radius 1 is 1.23 bits per heavy atom. The molecule has 1 atom stereocenters. The average Bonchev–Trinajstić information content (AvgIpc) is 2.54. The van der Waals surface area contributed by atoms with Gasteiger partial charge in [0, 0.05) is 12.4 Å². The van der Waals surface area contributed by atoms with Gasteiger partial charge in [0.2, 0.25) is 0 Å². The van der Waals surface area contributed by atoms with Crippen LogP contribution in [0.4, 0.5) is 5.82 Å². The monoisotopic (exact) mass is 300 g/mol. The molecule has 2 aromatic rings. The maximum Gasteiger partial charge on any atom is 0.274 e. The molecule has 0 bridgehead atoms. The number of benzene rings is 1. The van der Waals surface area contributed by atoms with E-state index < -0.39 is 0 Å². The van der Waals surface area contributed by atoms with Gasteiger partial charge < -0.3 is 20.5 Å². The summed E-state index contributed by atoms with van der Waals surface area (Å²) in [4.78, 5) is 20.0. The van der Waals surface area contributed by atoms with Crippen LogP contribution in [0, 0.1) is 0 Å². The van der Waals surface area contributed by atoms with Crippen molar-refractivity contribution < 1.29 is 14.3 Å². The van der Waals surface area contributed by atoms with Crippen molar-refractivity contribution in [2.75, 3.05) is 18.9 Å². The number of amides is 1. The van der Waals surface area contributed by atoms with Crippen LogP contribution in [0.25, 0.3) is 0 Å². The predicted molar refractivity (Wildman–Crippen MR) is 79.8 cm³/mol. The second kappa shape index (κ2) is 5.88. The highest BCUT2D eigenvalue weighted by atomic mass is 16.6. The largest absolute Gasteiger partial charge is 0.486 e. The topological polar surface area (TPSA) is 99.4 Å². The van der Waals surface area contributed by atoms with Crippen molar-refractivity contribution in [3.8, 4) is 11.5 Å². The highest BCUT2D eigenvalue weighted by molar-refractivity contribution is 5.96. The summed E-state index contributed by atoms with van der Waals surface area (Å²) in [5.41, 5.74) is 6.68. The molecule has 22 heavy (non-hydrogen) atoms. The third kappa shape index (κ3) is 2.78. The first-order valence-corrected chi connectivity index (χ1v) is 6.92. The van der Waals surface area contributed by atoms with Crippen LogP contribution in [0.2, 0.25) is 0 Å². The van der Waals surface area contributed by atoms with Crippen molar-refractivity contribution in [1.82, 2.24) is 15.3 Å². The number of carbonyl (C=O) groups excluding carboxylic acids is 1. The number of nitrogens with two attached hydrogens (primary N) is 1. The van der Waals surface area contributed by atoms with Crippen LogP contribution in [0.5, 0.6) is 11.5 Å². The molecule has 0 saturated heterocycles. The number of aromatic nitrogens is 2. The first-order valence-electron chi connectivity index (χ1n) is 6.92. The molecular formula is C15H16N4O3. The normalized spacial score (nSPS) is 14.2. The molecule has 1 amide bonds. The summed E-state index contributed by atoms with van der Waals surface area (Å²) in [6.45, 7) is 2.94. The number of nitrogens with zero attached hydrogens (tertiary/aromatic N) is 2. The summed E-state index contributed by atoms with van der Waals surface area (Å²) < 4.78 is 11.0. The quantitative estimate of drug-likeness (QED) is 0.887. The molecule has 3 rings (SSSR count). The van der Waals surface area contributed by atoms with Gasteiger partial charge in [0.05, 0.1) is 6.04 Å². The van der Waals surface area contributed by atoms with E-state index in [-0.39, 0.29) is 23.5 Å². The van der Waals surface area contributed by atoms with E-state index in [1.807, 2.05) is 25.1 Å². The van der Waals surface area contributed by atoms with Gasteiger partial charge in [-0.2, -0.15) is 0 Å². The molecule has 1 aliphatic rings. The van der Waals surface area contributed by atoms with E-state index in [0.717, 1.165) is 5.56 Å².